The number of hydrogen-bond acceptors (Lipinski definition) is 3. The Hall–Kier alpha value is -1.39. The second-order valence-electron chi connectivity index (χ2n) is 5.70. The zero-order valence-electron chi connectivity index (χ0n) is 11.1. The molecule has 19 heavy (non-hydrogen) atoms. The fourth-order valence-corrected chi connectivity index (χ4v) is 2.68. The Morgan fingerprint density at radius 2 is 2.11 bits per heavy atom. The van der Waals surface area contributed by atoms with E-state index in [0.717, 1.165) is 24.1 Å². The van der Waals surface area contributed by atoms with Gasteiger partial charge in [-0.1, -0.05) is 6.07 Å². The molecule has 0 atom stereocenters. The van der Waals surface area contributed by atoms with E-state index in [4.69, 9.17) is 10.5 Å². The molecule has 0 saturated heterocycles. The number of amides is 1. The predicted octanol–water partition coefficient (Wildman–Crippen LogP) is 1.58. The average molecular weight is 260 g/mol. The molecule has 1 aliphatic carbocycles. The smallest absolute Gasteiger partial charge is 0.251 e. The highest BCUT2D eigenvalue weighted by Gasteiger charge is 2.41. The highest BCUT2D eigenvalue weighted by molar-refractivity contribution is 5.94. The van der Waals surface area contributed by atoms with Gasteiger partial charge in [-0.25, -0.2) is 0 Å². The monoisotopic (exact) mass is 260 g/mol. The molecule has 4 heteroatoms. The molecule has 1 fully saturated rings. The van der Waals surface area contributed by atoms with Gasteiger partial charge in [-0.3, -0.25) is 4.79 Å². The summed E-state index contributed by atoms with van der Waals surface area (Å²) in [6.45, 7) is 2.73. The molecule has 1 aromatic rings. The van der Waals surface area contributed by atoms with Crippen molar-refractivity contribution in [3.05, 3.63) is 34.9 Å². The van der Waals surface area contributed by atoms with Crippen LogP contribution in [-0.4, -0.2) is 19.0 Å². The van der Waals surface area contributed by atoms with Crippen molar-refractivity contribution in [1.29, 1.82) is 0 Å². The van der Waals surface area contributed by atoms with E-state index in [1.54, 1.807) is 0 Å². The fraction of sp³-hybridized carbons (Fsp3) is 0.533. The minimum absolute atomic E-state index is 0.0120. The SMILES string of the molecule is NCCC1(CNC(=O)c2ccc3c(c2)COC3)CC1. The topological polar surface area (TPSA) is 64.3 Å². The normalized spacial score (nSPS) is 19.0. The molecule has 0 bridgehead atoms. The maximum absolute atomic E-state index is 12.1. The first-order chi connectivity index (χ1) is 9.22. The molecule has 102 valence electrons. The number of carbonyl (C=O) groups excluding carboxylic acids is 1. The molecule has 1 saturated carbocycles. The Bertz CT molecular complexity index is 495. The molecule has 0 unspecified atom stereocenters. The van der Waals surface area contributed by atoms with Crippen LogP contribution in [0.2, 0.25) is 0 Å². The summed E-state index contributed by atoms with van der Waals surface area (Å²) in [4.78, 5) is 12.1. The molecular weight excluding hydrogens is 240 g/mol. The molecule has 3 N–H and O–H groups in total. The Labute approximate surface area is 113 Å². The lowest BCUT2D eigenvalue weighted by molar-refractivity contribution is 0.0944. The highest BCUT2D eigenvalue weighted by atomic mass is 16.5. The largest absolute Gasteiger partial charge is 0.372 e. The van der Waals surface area contributed by atoms with E-state index in [9.17, 15) is 4.79 Å². The quantitative estimate of drug-likeness (QED) is 0.844. The number of rotatable bonds is 5. The molecule has 4 nitrogen and oxygen atoms in total. The first kappa shape index (κ1) is 12.6. The zero-order chi connectivity index (χ0) is 13.3. The van der Waals surface area contributed by atoms with Crippen molar-refractivity contribution < 1.29 is 9.53 Å². The van der Waals surface area contributed by atoms with Crippen molar-refractivity contribution in [2.75, 3.05) is 13.1 Å². The summed E-state index contributed by atoms with van der Waals surface area (Å²) >= 11 is 0. The maximum Gasteiger partial charge on any atom is 0.251 e. The van der Waals surface area contributed by atoms with Gasteiger partial charge < -0.3 is 15.8 Å². The van der Waals surface area contributed by atoms with E-state index in [2.05, 4.69) is 5.32 Å². The summed E-state index contributed by atoms with van der Waals surface area (Å²) in [5, 5.41) is 3.04. The van der Waals surface area contributed by atoms with Gasteiger partial charge in [0, 0.05) is 12.1 Å². The van der Waals surface area contributed by atoms with Crippen molar-refractivity contribution in [2.24, 2.45) is 11.1 Å². The van der Waals surface area contributed by atoms with Crippen molar-refractivity contribution in [3.8, 4) is 0 Å². The summed E-state index contributed by atoms with van der Waals surface area (Å²) in [5.74, 6) is 0.0120. The first-order valence-electron chi connectivity index (χ1n) is 6.90. The number of nitrogens with one attached hydrogen (secondary N) is 1. The van der Waals surface area contributed by atoms with Crippen LogP contribution in [0.5, 0.6) is 0 Å². The Kier molecular flexibility index (Phi) is 3.29. The Morgan fingerprint density at radius 3 is 2.84 bits per heavy atom. The van der Waals surface area contributed by atoms with Crippen LogP contribution in [0.25, 0.3) is 0 Å². The maximum atomic E-state index is 12.1. The van der Waals surface area contributed by atoms with E-state index in [-0.39, 0.29) is 11.3 Å². The average Bonchev–Trinajstić information content (AvgIpc) is 3.02. The number of nitrogens with two attached hydrogens (primary N) is 1. The molecule has 3 rings (SSSR count). The number of fused-ring (bicyclic) bond motifs is 1. The second kappa shape index (κ2) is 4.94. The van der Waals surface area contributed by atoms with Crippen LogP contribution in [0.15, 0.2) is 18.2 Å². The third-order valence-corrected chi connectivity index (χ3v) is 4.24. The molecule has 1 heterocycles. The van der Waals surface area contributed by atoms with E-state index in [0.29, 0.717) is 19.8 Å². The van der Waals surface area contributed by atoms with Gasteiger partial charge in [-0.15, -0.1) is 0 Å². The van der Waals surface area contributed by atoms with Gasteiger partial charge in [-0.2, -0.15) is 0 Å². The van der Waals surface area contributed by atoms with Gasteiger partial charge in [0.1, 0.15) is 0 Å². The van der Waals surface area contributed by atoms with Crippen molar-refractivity contribution in [1.82, 2.24) is 5.32 Å². The highest BCUT2D eigenvalue weighted by Crippen LogP contribution is 2.47. The van der Waals surface area contributed by atoms with E-state index in [1.165, 1.54) is 18.4 Å². The first-order valence-corrected chi connectivity index (χ1v) is 6.90. The van der Waals surface area contributed by atoms with Crippen LogP contribution >= 0.6 is 0 Å². The zero-order valence-corrected chi connectivity index (χ0v) is 11.1. The van der Waals surface area contributed by atoms with Crippen molar-refractivity contribution in [3.63, 3.8) is 0 Å². The summed E-state index contributed by atoms with van der Waals surface area (Å²) in [7, 11) is 0. The molecular formula is C15H20N2O2. The van der Waals surface area contributed by atoms with Gasteiger partial charge in [0.05, 0.1) is 13.2 Å². The van der Waals surface area contributed by atoms with Crippen LogP contribution in [0.3, 0.4) is 0 Å². The number of ether oxygens (including phenoxy) is 1. The van der Waals surface area contributed by atoms with E-state index in [1.807, 2.05) is 18.2 Å². The van der Waals surface area contributed by atoms with Gasteiger partial charge in [0.15, 0.2) is 0 Å². The molecule has 1 aliphatic heterocycles. The van der Waals surface area contributed by atoms with Crippen LogP contribution in [0.4, 0.5) is 0 Å². The molecule has 1 amide bonds. The Balaban J connectivity index is 1.61. The standard InChI is InChI=1S/C15H20N2O2/c16-6-5-15(3-4-15)10-17-14(18)11-1-2-12-8-19-9-13(12)7-11/h1-2,7H,3-6,8-10,16H2,(H,17,18). The van der Waals surface area contributed by atoms with E-state index < -0.39 is 0 Å². The second-order valence-corrected chi connectivity index (χ2v) is 5.70. The van der Waals surface area contributed by atoms with Crippen LogP contribution in [0.1, 0.15) is 40.7 Å². The third kappa shape index (κ3) is 2.65. The number of carbonyl (C=O) groups is 1. The van der Waals surface area contributed by atoms with Crippen LogP contribution < -0.4 is 11.1 Å². The molecule has 2 aliphatic rings. The van der Waals surface area contributed by atoms with Crippen LogP contribution in [-0.2, 0) is 18.0 Å². The Morgan fingerprint density at radius 1 is 1.32 bits per heavy atom. The lowest BCUT2D eigenvalue weighted by Crippen LogP contribution is -2.31. The summed E-state index contributed by atoms with van der Waals surface area (Å²) in [6.07, 6.45) is 3.37. The summed E-state index contributed by atoms with van der Waals surface area (Å²) < 4.78 is 5.36. The van der Waals surface area contributed by atoms with Gasteiger partial charge in [0.25, 0.3) is 5.91 Å². The molecule has 0 radical (unpaired) electrons. The molecule has 1 aromatic carbocycles. The molecule has 0 spiro atoms. The van der Waals surface area contributed by atoms with Crippen molar-refractivity contribution >= 4 is 5.91 Å². The minimum atomic E-state index is 0.0120. The number of hydrogen-bond donors (Lipinski definition) is 2. The van der Waals surface area contributed by atoms with Gasteiger partial charge in [0.2, 0.25) is 0 Å². The lowest BCUT2D eigenvalue weighted by atomic mass is 10.0. The lowest BCUT2D eigenvalue weighted by Gasteiger charge is -2.15. The summed E-state index contributed by atoms with van der Waals surface area (Å²) in [6, 6.07) is 5.82. The van der Waals surface area contributed by atoms with Crippen LogP contribution in [0, 0.1) is 5.41 Å². The predicted molar refractivity (Wildman–Crippen MR) is 72.6 cm³/mol. The van der Waals surface area contributed by atoms with Gasteiger partial charge in [-0.05, 0) is 54.5 Å². The van der Waals surface area contributed by atoms with Crippen molar-refractivity contribution in [2.45, 2.75) is 32.5 Å². The molecule has 0 aromatic heterocycles. The number of benzene rings is 1. The summed E-state index contributed by atoms with van der Waals surface area (Å²) in [5.41, 5.74) is 8.95. The van der Waals surface area contributed by atoms with Gasteiger partial charge >= 0.3 is 0 Å². The van der Waals surface area contributed by atoms with E-state index >= 15 is 0 Å². The fourth-order valence-electron chi connectivity index (χ4n) is 2.68. The third-order valence-electron chi connectivity index (χ3n) is 4.24. The minimum Gasteiger partial charge on any atom is -0.372 e.